The first-order chi connectivity index (χ1) is 8.03. The van der Waals surface area contributed by atoms with E-state index in [-0.39, 0.29) is 19.8 Å². The minimum atomic E-state index is -3.66. The second-order valence-corrected chi connectivity index (χ2v) is 6.07. The molecule has 0 aliphatic carbocycles. The fourth-order valence-corrected chi connectivity index (χ4v) is 3.73. The third-order valence-corrected chi connectivity index (χ3v) is 5.01. The predicted octanol–water partition coefficient (Wildman–Crippen LogP) is 3.83. The molecular weight excluding hydrogens is 279 g/mol. The van der Waals surface area contributed by atoms with Crippen molar-refractivity contribution in [2.24, 2.45) is 0 Å². The first-order valence-corrected chi connectivity index (χ1v) is 7.01. The normalized spacial score (nSPS) is 11.4. The number of sulfone groups is 1. The molecule has 0 radical (unpaired) electrons. The first kappa shape index (κ1) is 12.4. The van der Waals surface area contributed by atoms with E-state index in [4.69, 9.17) is 23.2 Å². The SMILES string of the molecule is O=S(=O)(c1ccccc1Cl)c1ccccc1Cl. The molecule has 0 heterocycles. The lowest BCUT2D eigenvalue weighted by Gasteiger charge is -2.07. The van der Waals surface area contributed by atoms with Crippen LogP contribution in [0, 0.1) is 0 Å². The zero-order valence-corrected chi connectivity index (χ0v) is 10.9. The molecule has 0 fully saturated rings. The van der Waals surface area contributed by atoms with Crippen LogP contribution in [0.25, 0.3) is 0 Å². The lowest BCUT2D eigenvalue weighted by atomic mass is 10.4. The third-order valence-electron chi connectivity index (χ3n) is 2.25. The van der Waals surface area contributed by atoms with Gasteiger partial charge in [0.15, 0.2) is 0 Å². The summed E-state index contributed by atoms with van der Waals surface area (Å²) in [4.78, 5) is 0.129. The van der Waals surface area contributed by atoms with Gasteiger partial charge in [-0.2, -0.15) is 0 Å². The van der Waals surface area contributed by atoms with Crippen LogP contribution in [0.15, 0.2) is 58.3 Å². The maximum absolute atomic E-state index is 12.3. The number of benzene rings is 2. The Morgan fingerprint density at radius 3 is 1.41 bits per heavy atom. The average Bonchev–Trinajstić information content (AvgIpc) is 2.29. The maximum Gasteiger partial charge on any atom is 0.209 e. The Morgan fingerprint density at radius 2 is 1.06 bits per heavy atom. The van der Waals surface area contributed by atoms with Crippen LogP contribution in [-0.2, 0) is 9.84 Å². The lowest BCUT2D eigenvalue weighted by molar-refractivity contribution is 0.596. The van der Waals surface area contributed by atoms with Gasteiger partial charge in [-0.25, -0.2) is 8.42 Å². The monoisotopic (exact) mass is 286 g/mol. The summed E-state index contributed by atoms with van der Waals surface area (Å²) in [5, 5.41) is 0.375. The van der Waals surface area contributed by atoms with Crippen LogP contribution >= 0.6 is 23.2 Å². The molecule has 2 nitrogen and oxygen atoms in total. The van der Waals surface area contributed by atoms with Crippen LogP contribution in [0.3, 0.4) is 0 Å². The molecule has 2 aromatic carbocycles. The van der Waals surface area contributed by atoms with E-state index in [1.54, 1.807) is 24.3 Å². The summed E-state index contributed by atoms with van der Waals surface area (Å²) < 4.78 is 24.6. The van der Waals surface area contributed by atoms with Crippen molar-refractivity contribution < 1.29 is 8.42 Å². The number of rotatable bonds is 2. The summed E-state index contributed by atoms with van der Waals surface area (Å²) in [5.41, 5.74) is 0. The third kappa shape index (κ3) is 2.32. The van der Waals surface area contributed by atoms with Gasteiger partial charge >= 0.3 is 0 Å². The predicted molar refractivity (Wildman–Crippen MR) is 68.4 cm³/mol. The van der Waals surface area contributed by atoms with Gasteiger partial charge in [-0.15, -0.1) is 0 Å². The van der Waals surface area contributed by atoms with Crippen molar-refractivity contribution in [2.45, 2.75) is 9.79 Å². The molecule has 0 atom stereocenters. The van der Waals surface area contributed by atoms with E-state index in [1.165, 1.54) is 24.3 Å². The second kappa shape index (κ2) is 4.69. The van der Waals surface area contributed by atoms with Gasteiger partial charge in [-0.3, -0.25) is 0 Å². The topological polar surface area (TPSA) is 34.1 Å². The van der Waals surface area contributed by atoms with Crippen molar-refractivity contribution in [1.29, 1.82) is 0 Å². The average molecular weight is 287 g/mol. The molecule has 88 valence electrons. The molecule has 0 unspecified atom stereocenters. The van der Waals surface area contributed by atoms with E-state index in [0.717, 1.165) is 0 Å². The summed E-state index contributed by atoms with van der Waals surface area (Å²) >= 11 is 11.8. The molecule has 0 aromatic heterocycles. The summed E-state index contributed by atoms with van der Waals surface area (Å²) in [5.74, 6) is 0. The zero-order chi connectivity index (χ0) is 12.5. The van der Waals surface area contributed by atoms with Crippen LogP contribution in [0.5, 0.6) is 0 Å². The number of hydrogen-bond acceptors (Lipinski definition) is 2. The smallest absolute Gasteiger partial charge is 0.209 e. The first-order valence-electron chi connectivity index (χ1n) is 4.77. The molecule has 0 bridgehead atoms. The Balaban J connectivity index is 2.67. The summed E-state index contributed by atoms with van der Waals surface area (Å²) in [6, 6.07) is 12.6. The minimum absolute atomic E-state index is 0.0646. The molecule has 17 heavy (non-hydrogen) atoms. The molecule has 0 N–H and O–H groups in total. The Morgan fingerprint density at radius 1 is 0.706 bits per heavy atom. The standard InChI is InChI=1S/C12H8Cl2O2S/c13-9-5-1-3-7-11(9)17(15,16)12-8-4-2-6-10(12)14/h1-8H. The van der Waals surface area contributed by atoms with Crippen molar-refractivity contribution in [2.75, 3.05) is 0 Å². The Hall–Kier alpha value is -1.03. The van der Waals surface area contributed by atoms with Crippen LogP contribution < -0.4 is 0 Å². The van der Waals surface area contributed by atoms with E-state index >= 15 is 0 Å². The fourth-order valence-electron chi connectivity index (χ4n) is 1.44. The highest BCUT2D eigenvalue weighted by atomic mass is 35.5. The van der Waals surface area contributed by atoms with Crippen LogP contribution in [0.4, 0.5) is 0 Å². The second-order valence-electron chi connectivity index (χ2n) is 3.36. The van der Waals surface area contributed by atoms with Crippen molar-refractivity contribution in [3.8, 4) is 0 Å². The van der Waals surface area contributed by atoms with E-state index in [0.29, 0.717) is 0 Å². The molecule has 0 saturated carbocycles. The molecule has 0 amide bonds. The van der Waals surface area contributed by atoms with E-state index in [1.807, 2.05) is 0 Å². The van der Waals surface area contributed by atoms with Gasteiger partial charge in [0.25, 0.3) is 0 Å². The van der Waals surface area contributed by atoms with E-state index in [9.17, 15) is 8.42 Å². The highest BCUT2D eigenvalue weighted by Crippen LogP contribution is 2.30. The number of halogens is 2. The summed E-state index contributed by atoms with van der Waals surface area (Å²) in [7, 11) is -3.66. The molecule has 0 spiro atoms. The number of hydrogen-bond donors (Lipinski definition) is 0. The van der Waals surface area contributed by atoms with Gasteiger partial charge in [0, 0.05) is 0 Å². The van der Waals surface area contributed by atoms with Crippen molar-refractivity contribution in [1.82, 2.24) is 0 Å². The van der Waals surface area contributed by atoms with E-state index < -0.39 is 9.84 Å². The van der Waals surface area contributed by atoms with Gasteiger partial charge in [-0.05, 0) is 24.3 Å². The molecule has 2 aromatic rings. The molecule has 5 heteroatoms. The molecule has 0 saturated heterocycles. The van der Waals surface area contributed by atoms with Crippen molar-refractivity contribution in [3.05, 3.63) is 58.6 Å². The van der Waals surface area contributed by atoms with Gasteiger partial charge in [0.05, 0.1) is 19.8 Å². The fraction of sp³-hybridized carbons (Fsp3) is 0. The molecule has 0 aliphatic rings. The van der Waals surface area contributed by atoms with Crippen LogP contribution in [0.1, 0.15) is 0 Å². The molecule has 0 aliphatic heterocycles. The summed E-state index contributed by atoms with van der Waals surface area (Å²) in [6.07, 6.45) is 0. The minimum Gasteiger partial charge on any atom is -0.218 e. The Labute approximate surface area is 110 Å². The molecule has 2 rings (SSSR count). The zero-order valence-electron chi connectivity index (χ0n) is 8.60. The lowest BCUT2D eigenvalue weighted by Crippen LogP contribution is -2.03. The largest absolute Gasteiger partial charge is 0.218 e. The Bertz CT molecular complexity index is 600. The van der Waals surface area contributed by atoms with Crippen LogP contribution in [-0.4, -0.2) is 8.42 Å². The maximum atomic E-state index is 12.3. The van der Waals surface area contributed by atoms with E-state index in [2.05, 4.69) is 0 Å². The van der Waals surface area contributed by atoms with Gasteiger partial charge in [0.2, 0.25) is 9.84 Å². The van der Waals surface area contributed by atoms with Gasteiger partial charge < -0.3 is 0 Å². The van der Waals surface area contributed by atoms with Gasteiger partial charge in [-0.1, -0.05) is 47.5 Å². The highest BCUT2D eigenvalue weighted by molar-refractivity contribution is 7.91. The quantitative estimate of drug-likeness (QED) is 0.841. The highest BCUT2D eigenvalue weighted by Gasteiger charge is 2.22. The van der Waals surface area contributed by atoms with Gasteiger partial charge in [0.1, 0.15) is 0 Å². The van der Waals surface area contributed by atoms with Crippen LogP contribution in [0.2, 0.25) is 10.0 Å². The van der Waals surface area contributed by atoms with Crippen molar-refractivity contribution >= 4 is 33.0 Å². The molecular formula is C12H8Cl2O2S. The summed E-state index contributed by atoms with van der Waals surface area (Å²) in [6.45, 7) is 0. The van der Waals surface area contributed by atoms with Crippen molar-refractivity contribution in [3.63, 3.8) is 0 Å². The Kier molecular flexibility index (Phi) is 3.43.